The zero-order valence-corrected chi connectivity index (χ0v) is 16.4. The predicted molar refractivity (Wildman–Crippen MR) is 116 cm³/mol. The fraction of sp³-hybridized carbons (Fsp3) is 0.308. The van der Waals surface area contributed by atoms with Crippen molar-refractivity contribution in [2.45, 2.75) is 38.6 Å². The van der Waals surface area contributed by atoms with E-state index >= 15 is 0 Å². The lowest BCUT2D eigenvalue weighted by molar-refractivity contribution is 0.204. The van der Waals surface area contributed by atoms with Gasteiger partial charge in [-0.2, -0.15) is 0 Å². The van der Waals surface area contributed by atoms with Gasteiger partial charge in [0.2, 0.25) is 0 Å². The van der Waals surface area contributed by atoms with Gasteiger partial charge in [0.1, 0.15) is 0 Å². The Kier molecular flexibility index (Phi) is 7.68. The van der Waals surface area contributed by atoms with E-state index < -0.39 is 0 Å². The molecule has 0 saturated heterocycles. The number of nitrogens with zero attached hydrogens (tertiary/aromatic N) is 1. The summed E-state index contributed by atoms with van der Waals surface area (Å²) < 4.78 is 0. The zero-order valence-electron chi connectivity index (χ0n) is 16.4. The van der Waals surface area contributed by atoms with Crippen molar-refractivity contribution in [1.29, 1.82) is 0 Å². The number of hydrogen-bond acceptors (Lipinski definition) is 1. The van der Waals surface area contributed by atoms with Gasteiger partial charge in [0.25, 0.3) is 0 Å². The van der Waals surface area contributed by atoms with Gasteiger partial charge >= 0.3 is 0 Å². The van der Waals surface area contributed by atoms with Gasteiger partial charge < -0.3 is 0 Å². The summed E-state index contributed by atoms with van der Waals surface area (Å²) in [7, 11) is 0. The lowest BCUT2D eigenvalue weighted by Crippen LogP contribution is -2.37. The fourth-order valence-electron chi connectivity index (χ4n) is 3.59. The molecule has 3 aromatic carbocycles. The van der Waals surface area contributed by atoms with E-state index in [9.17, 15) is 0 Å². The Morgan fingerprint density at radius 1 is 0.556 bits per heavy atom. The first kappa shape index (κ1) is 19.4. The average molecular weight is 358 g/mol. The van der Waals surface area contributed by atoms with Crippen molar-refractivity contribution in [1.82, 2.24) is 4.90 Å². The maximum absolute atomic E-state index is 2.67. The Bertz CT molecular complexity index is 708. The van der Waals surface area contributed by atoms with Gasteiger partial charge in [-0.15, -0.1) is 0 Å². The molecule has 0 bridgehead atoms. The van der Waals surface area contributed by atoms with Crippen LogP contribution in [0.3, 0.4) is 0 Å². The first-order chi connectivity index (χ1) is 13.3. The second-order valence-electron chi connectivity index (χ2n) is 7.38. The minimum Gasteiger partial charge on any atom is -0.300 e. The molecule has 0 heterocycles. The Hall–Kier alpha value is -2.38. The number of benzene rings is 3. The van der Waals surface area contributed by atoms with Gasteiger partial charge in [-0.05, 0) is 49.3 Å². The van der Waals surface area contributed by atoms with Crippen molar-refractivity contribution in [3.63, 3.8) is 0 Å². The van der Waals surface area contributed by atoms with Crippen LogP contribution in [0, 0.1) is 0 Å². The molecule has 3 aromatic rings. The lowest BCUT2D eigenvalue weighted by atomic mass is 10.0. The molecule has 1 heteroatoms. The van der Waals surface area contributed by atoms with E-state index in [1.165, 1.54) is 23.1 Å². The van der Waals surface area contributed by atoms with Crippen LogP contribution in [0.1, 0.15) is 30.0 Å². The summed E-state index contributed by atoms with van der Waals surface area (Å²) in [5.74, 6) is 0. The highest BCUT2D eigenvalue weighted by Crippen LogP contribution is 2.13. The maximum Gasteiger partial charge on any atom is 0.00703 e. The molecule has 1 nitrogen and oxygen atoms in total. The Morgan fingerprint density at radius 2 is 0.926 bits per heavy atom. The summed E-state index contributed by atoms with van der Waals surface area (Å²) in [5.41, 5.74) is 4.30. The monoisotopic (exact) mass is 357 g/mol. The quantitative estimate of drug-likeness (QED) is 0.443. The molecule has 0 amide bonds. The van der Waals surface area contributed by atoms with Gasteiger partial charge in [-0.3, -0.25) is 4.90 Å². The Morgan fingerprint density at radius 3 is 1.33 bits per heavy atom. The zero-order chi connectivity index (χ0) is 18.7. The Labute approximate surface area is 164 Å². The van der Waals surface area contributed by atoms with Crippen LogP contribution in [0.25, 0.3) is 0 Å². The highest BCUT2D eigenvalue weighted by atomic mass is 15.1. The van der Waals surface area contributed by atoms with Crippen LogP contribution in [-0.2, 0) is 19.3 Å². The van der Waals surface area contributed by atoms with E-state index in [0.29, 0.717) is 6.04 Å². The molecule has 0 aliphatic rings. The second-order valence-corrected chi connectivity index (χ2v) is 7.38. The SMILES string of the molecule is CC(CCc1ccccc1)N(CCc1ccccc1)CCc1ccccc1. The third kappa shape index (κ3) is 6.69. The molecule has 0 radical (unpaired) electrons. The van der Waals surface area contributed by atoms with E-state index in [4.69, 9.17) is 0 Å². The average Bonchev–Trinajstić information content (AvgIpc) is 2.74. The molecule has 0 fully saturated rings. The molecule has 27 heavy (non-hydrogen) atoms. The van der Waals surface area contributed by atoms with Crippen LogP contribution in [0.15, 0.2) is 91.0 Å². The molecule has 0 N–H and O–H groups in total. The minimum atomic E-state index is 0.581. The standard InChI is InChI=1S/C26H31N/c1-23(17-18-24-11-5-2-6-12-24)27(21-19-25-13-7-3-8-14-25)22-20-26-15-9-4-10-16-26/h2-16,23H,17-22H2,1H3. The molecular weight excluding hydrogens is 326 g/mol. The second kappa shape index (κ2) is 10.7. The van der Waals surface area contributed by atoms with E-state index in [-0.39, 0.29) is 0 Å². The minimum absolute atomic E-state index is 0.581. The highest BCUT2D eigenvalue weighted by Gasteiger charge is 2.14. The number of rotatable bonds is 10. The smallest absolute Gasteiger partial charge is 0.00703 e. The summed E-state index contributed by atoms with van der Waals surface area (Å²) in [6.45, 7) is 4.62. The molecule has 0 saturated carbocycles. The highest BCUT2D eigenvalue weighted by molar-refractivity contribution is 5.17. The Balaban J connectivity index is 1.58. The first-order valence-corrected chi connectivity index (χ1v) is 10.2. The van der Waals surface area contributed by atoms with Crippen molar-refractivity contribution in [2.75, 3.05) is 13.1 Å². The van der Waals surface area contributed by atoms with E-state index in [1.54, 1.807) is 0 Å². The molecular formula is C26H31N. The summed E-state index contributed by atoms with van der Waals surface area (Å²) in [4.78, 5) is 2.67. The summed E-state index contributed by atoms with van der Waals surface area (Å²) >= 11 is 0. The molecule has 140 valence electrons. The van der Waals surface area contributed by atoms with E-state index in [0.717, 1.165) is 32.4 Å². The lowest BCUT2D eigenvalue weighted by Gasteiger charge is -2.29. The van der Waals surface area contributed by atoms with Crippen molar-refractivity contribution in [3.05, 3.63) is 108 Å². The first-order valence-electron chi connectivity index (χ1n) is 10.2. The van der Waals surface area contributed by atoms with Crippen LogP contribution in [0.4, 0.5) is 0 Å². The van der Waals surface area contributed by atoms with E-state index in [1.807, 2.05) is 0 Å². The third-order valence-corrected chi connectivity index (χ3v) is 5.38. The van der Waals surface area contributed by atoms with Gasteiger partial charge in [0.15, 0.2) is 0 Å². The van der Waals surface area contributed by atoms with Gasteiger partial charge in [0.05, 0.1) is 0 Å². The summed E-state index contributed by atoms with van der Waals surface area (Å²) in [6, 6.07) is 33.2. The molecule has 0 aliphatic carbocycles. The van der Waals surface area contributed by atoms with Gasteiger partial charge in [-0.25, -0.2) is 0 Å². The van der Waals surface area contributed by atoms with Crippen LogP contribution < -0.4 is 0 Å². The van der Waals surface area contributed by atoms with Crippen LogP contribution >= 0.6 is 0 Å². The fourth-order valence-corrected chi connectivity index (χ4v) is 3.59. The number of aryl methyl sites for hydroxylation is 1. The van der Waals surface area contributed by atoms with Crippen molar-refractivity contribution in [3.8, 4) is 0 Å². The summed E-state index contributed by atoms with van der Waals surface area (Å²) in [6.07, 6.45) is 4.58. The van der Waals surface area contributed by atoms with Crippen LogP contribution in [0.2, 0.25) is 0 Å². The molecule has 1 atom stereocenters. The molecule has 0 spiro atoms. The molecule has 3 rings (SSSR count). The summed E-state index contributed by atoms with van der Waals surface area (Å²) in [5, 5.41) is 0. The van der Waals surface area contributed by atoms with Gasteiger partial charge in [-0.1, -0.05) is 91.0 Å². The third-order valence-electron chi connectivity index (χ3n) is 5.38. The molecule has 0 aromatic heterocycles. The molecule has 0 aliphatic heterocycles. The van der Waals surface area contributed by atoms with Crippen molar-refractivity contribution < 1.29 is 0 Å². The van der Waals surface area contributed by atoms with Crippen molar-refractivity contribution in [2.24, 2.45) is 0 Å². The largest absolute Gasteiger partial charge is 0.300 e. The maximum atomic E-state index is 2.67. The van der Waals surface area contributed by atoms with Gasteiger partial charge in [0, 0.05) is 19.1 Å². The number of hydrogen-bond donors (Lipinski definition) is 0. The van der Waals surface area contributed by atoms with Crippen LogP contribution in [-0.4, -0.2) is 24.0 Å². The molecule has 1 unspecified atom stereocenters. The van der Waals surface area contributed by atoms with E-state index in [2.05, 4.69) is 103 Å². The normalized spacial score (nSPS) is 12.2. The van der Waals surface area contributed by atoms with Crippen molar-refractivity contribution >= 4 is 0 Å². The topological polar surface area (TPSA) is 3.24 Å². The predicted octanol–water partition coefficient (Wildman–Crippen LogP) is 5.80. The van der Waals surface area contributed by atoms with Crippen LogP contribution in [0.5, 0.6) is 0 Å².